The average molecular weight is 437 g/mol. The quantitative estimate of drug-likeness (QED) is 0.664. The number of piperidine rings is 1. The zero-order chi connectivity index (χ0) is 22.5. The van der Waals surface area contributed by atoms with Gasteiger partial charge in [0, 0.05) is 18.5 Å². The molecule has 1 saturated heterocycles. The normalized spacial score (nSPS) is 20.8. The predicted octanol–water partition coefficient (Wildman–Crippen LogP) is 4.63. The molecule has 172 valence electrons. The van der Waals surface area contributed by atoms with E-state index in [4.69, 9.17) is 4.74 Å². The second kappa shape index (κ2) is 10.4. The molecule has 4 rings (SSSR count). The van der Waals surface area contributed by atoms with Crippen LogP contribution in [-0.2, 0) is 17.6 Å². The molecule has 2 atom stereocenters. The van der Waals surface area contributed by atoms with Gasteiger partial charge in [-0.2, -0.15) is 0 Å². The average Bonchev–Trinajstić information content (AvgIpc) is 2.80. The fraction of sp³-hybridized carbons (Fsp3) is 0.519. The third kappa shape index (κ3) is 5.44. The molecule has 2 unspecified atom stereocenters. The molecular formula is C27H36N2O3. The van der Waals surface area contributed by atoms with Gasteiger partial charge in [0.05, 0.1) is 12.6 Å². The van der Waals surface area contributed by atoms with Crippen LogP contribution < -0.4 is 10.1 Å². The van der Waals surface area contributed by atoms with Crippen molar-refractivity contribution in [3.63, 3.8) is 0 Å². The minimum absolute atomic E-state index is 0.0154. The van der Waals surface area contributed by atoms with Gasteiger partial charge in [0.15, 0.2) is 0 Å². The number of benzene rings is 2. The van der Waals surface area contributed by atoms with Crippen LogP contribution in [0.25, 0.3) is 0 Å². The summed E-state index contributed by atoms with van der Waals surface area (Å²) in [5.41, 5.74) is 3.46. The van der Waals surface area contributed by atoms with Crippen LogP contribution in [0.1, 0.15) is 62.3 Å². The van der Waals surface area contributed by atoms with Gasteiger partial charge < -0.3 is 20.1 Å². The monoisotopic (exact) mass is 436 g/mol. The smallest absolute Gasteiger partial charge is 0.225 e. The molecular weight excluding hydrogens is 400 g/mol. The van der Waals surface area contributed by atoms with Crippen molar-refractivity contribution in [2.24, 2.45) is 5.92 Å². The topological polar surface area (TPSA) is 61.8 Å². The molecule has 2 aromatic carbocycles. The van der Waals surface area contributed by atoms with Gasteiger partial charge in [0.2, 0.25) is 5.91 Å². The molecule has 1 fully saturated rings. The molecule has 0 bridgehead atoms. The first kappa shape index (κ1) is 22.7. The summed E-state index contributed by atoms with van der Waals surface area (Å²) in [5, 5.41) is 13.5. The van der Waals surface area contributed by atoms with Crippen molar-refractivity contribution in [1.82, 2.24) is 10.2 Å². The van der Waals surface area contributed by atoms with Gasteiger partial charge in [-0.25, -0.2) is 0 Å². The maximum atomic E-state index is 12.9. The number of carbonyl (C=O) groups is 1. The van der Waals surface area contributed by atoms with E-state index in [0.29, 0.717) is 12.6 Å². The van der Waals surface area contributed by atoms with E-state index < -0.39 is 0 Å². The van der Waals surface area contributed by atoms with E-state index in [2.05, 4.69) is 17.4 Å². The summed E-state index contributed by atoms with van der Waals surface area (Å²) < 4.78 is 5.98. The van der Waals surface area contributed by atoms with Gasteiger partial charge in [-0.05, 0) is 79.6 Å². The number of nitrogens with zero attached hydrogens (tertiary/aromatic N) is 1. The molecule has 2 aliphatic heterocycles. The molecule has 2 N–H and O–H groups in total. The third-order valence-electron chi connectivity index (χ3n) is 6.76. The molecule has 0 radical (unpaired) electrons. The fourth-order valence-electron chi connectivity index (χ4n) is 4.95. The number of ether oxygens (including phenoxy) is 1. The second-order valence-electron chi connectivity index (χ2n) is 9.47. The molecule has 2 aromatic rings. The SMILES string of the molecule is CC(C)C(=O)N1CCc2cc(O)ccc2C1Cc1ccc(OCCC2CCCCN2)cc1. The fourth-order valence-corrected chi connectivity index (χ4v) is 4.95. The lowest BCUT2D eigenvalue weighted by Gasteiger charge is -2.38. The van der Waals surface area contributed by atoms with Crippen LogP contribution >= 0.6 is 0 Å². The Labute approximate surface area is 191 Å². The Bertz CT molecular complexity index is 904. The van der Waals surface area contributed by atoms with E-state index >= 15 is 0 Å². The summed E-state index contributed by atoms with van der Waals surface area (Å²) in [7, 11) is 0. The van der Waals surface area contributed by atoms with Crippen molar-refractivity contribution in [1.29, 1.82) is 0 Å². The number of carbonyl (C=O) groups excluding carboxylic acids is 1. The van der Waals surface area contributed by atoms with Crippen molar-refractivity contribution in [3.05, 3.63) is 59.2 Å². The lowest BCUT2D eigenvalue weighted by Crippen LogP contribution is -2.43. The van der Waals surface area contributed by atoms with Gasteiger partial charge in [-0.1, -0.05) is 38.5 Å². The van der Waals surface area contributed by atoms with E-state index in [-0.39, 0.29) is 23.6 Å². The standard InChI is InChI=1S/C27H36N2O3/c1-19(2)27(31)29-15-12-21-18-23(30)8-11-25(21)26(29)17-20-6-9-24(10-7-20)32-16-13-22-5-3-4-14-28-22/h6-11,18-19,22,26,28,30H,3-5,12-17H2,1-2H3. The highest BCUT2D eigenvalue weighted by molar-refractivity contribution is 5.79. The Morgan fingerprint density at radius 3 is 2.72 bits per heavy atom. The van der Waals surface area contributed by atoms with Crippen molar-refractivity contribution in [2.45, 2.75) is 64.5 Å². The molecule has 0 saturated carbocycles. The van der Waals surface area contributed by atoms with Gasteiger partial charge >= 0.3 is 0 Å². The van der Waals surface area contributed by atoms with Gasteiger partial charge in [0.1, 0.15) is 11.5 Å². The first-order valence-corrected chi connectivity index (χ1v) is 12.1. The Morgan fingerprint density at radius 2 is 2.00 bits per heavy atom. The lowest BCUT2D eigenvalue weighted by molar-refractivity contribution is -0.137. The molecule has 0 aliphatic carbocycles. The number of phenolic OH excluding ortho intramolecular Hbond substituents is 1. The minimum Gasteiger partial charge on any atom is -0.508 e. The lowest BCUT2D eigenvalue weighted by atomic mass is 9.87. The van der Waals surface area contributed by atoms with Gasteiger partial charge in [-0.3, -0.25) is 4.79 Å². The Kier molecular flexibility index (Phi) is 7.36. The van der Waals surface area contributed by atoms with Crippen LogP contribution in [0.3, 0.4) is 0 Å². The summed E-state index contributed by atoms with van der Waals surface area (Å²) in [4.78, 5) is 14.9. The molecule has 5 nitrogen and oxygen atoms in total. The van der Waals surface area contributed by atoms with Crippen molar-refractivity contribution in [2.75, 3.05) is 19.7 Å². The van der Waals surface area contributed by atoms with Crippen LogP contribution in [0.15, 0.2) is 42.5 Å². The maximum Gasteiger partial charge on any atom is 0.225 e. The Hall–Kier alpha value is -2.53. The van der Waals surface area contributed by atoms with Gasteiger partial charge in [-0.15, -0.1) is 0 Å². The van der Waals surface area contributed by atoms with Crippen molar-refractivity contribution in [3.8, 4) is 11.5 Å². The zero-order valence-corrected chi connectivity index (χ0v) is 19.3. The van der Waals surface area contributed by atoms with E-state index in [9.17, 15) is 9.90 Å². The number of amides is 1. The van der Waals surface area contributed by atoms with E-state index in [1.54, 1.807) is 6.07 Å². The summed E-state index contributed by atoms with van der Waals surface area (Å²) in [6.45, 7) is 6.46. The largest absolute Gasteiger partial charge is 0.508 e. The minimum atomic E-state index is -0.0365. The van der Waals surface area contributed by atoms with Crippen LogP contribution in [0.5, 0.6) is 11.5 Å². The molecule has 0 aromatic heterocycles. The Balaban J connectivity index is 1.43. The molecule has 2 heterocycles. The number of aromatic hydroxyl groups is 1. The Morgan fingerprint density at radius 1 is 1.19 bits per heavy atom. The molecule has 2 aliphatic rings. The van der Waals surface area contributed by atoms with E-state index in [0.717, 1.165) is 49.3 Å². The summed E-state index contributed by atoms with van der Waals surface area (Å²) in [6.07, 6.45) is 6.41. The molecule has 5 heteroatoms. The summed E-state index contributed by atoms with van der Waals surface area (Å²) in [5.74, 6) is 1.33. The van der Waals surface area contributed by atoms with Crippen molar-refractivity contribution >= 4 is 5.91 Å². The number of phenols is 1. The highest BCUT2D eigenvalue weighted by atomic mass is 16.5. The first-order valence-electron chi connectivity index (χ1n) is 12.1. The van der Waals surface area contributed by atoms with Crippen LogP contribution in [0.4, 0.5) is 0 Å². The van der Waals surface area contributed by atoms with E-state index in [1.165, 1.54) is 24.8 Å². The number of rotatable bonds is 7. The van der Waals surface area contributed by atoms with Crippen molar-refractivity contribution < 1.29 is 14.6 Å². The third-order valence-corrected chi connectivity index (χ3v) is 6.76. The predicted molar refractivity (Wildman–Crippen MR) is 127 cm³/mol. The zero-order valence-electron chi connectivity index (χ0n) is 19.3. The van der Waals surface area contributed by atoms with Crippen LogP contribution in [-0.4, -0.2) is 41.7 Å². The maximum absolute atomic E-state index is 12.9. The molecule has 32 heavy (non-hydrogen) atoms. The summed E-state index contributed by atoms with van der Waals surface area (Å²) in [6, 6.07) is 14.4. The number of nitrogens with one attached hydrogen (secondary N) is 1. The second-order valence-corrected chi connectivity index (χ2v) is 9.47. The highest BCUT2D eigenvalue weighted by Gasteiger charge is 2.32. The van der Waals surface area contributed by atoms with E-state index in [1.807, 2.05) is 43.0 Å². The number of hydrogen-bond donors (Lipinski definition) is 2. The number of hydrogen-bond acceptors (Lipinski definition) is 4. The van der Waals surface area contributed by atoms with Gasteiger partial charge in [0.25, 0.3) is 0 Å². The molecule has 1 amide bonds. The summed E-state index contributed by atoms with van der Waals surface area (Å²) >= 11 is 0. The molecule has 0 spiro atoms. The van der Waals surface area contributed by atoms with Crippen LogP contribution in [0, 0.1) is 5.92 Å². The highest BCUT2D eigenvalue weighted by Crippen LogP contribution is 2.35. The number of fused-ring (bicyclic) bond motifs is 1. The van der Waals surface area contributed by atoms with Crippen LogP contribution in [0.2, 0.25) is 0 Å². The first-order chi connectivity index (χ1) is 15.5.